The summed E-state index contributed by atoms with van der Waals surface area (Å²) >= 11 is 0. The van der Waals surface area contributed by atoms with Gasteiger partial charge in [0, 0.05) is 30.2 Å². The van der Waals surface area contributed by atoms with E-state index in [4.69, 9.17) is 4.74 Å². The van der Waals surface area contributed by atoms with Crippen LogP contribution in [0.1, 0.15) is 50.9 Å². The highest BCUT2D eigenvalue weighted by Crippen LogP contribution is 2.33. The van der Waals surface area contributed by atoms with E-state index in [-0.39, 0.29) is 23.4 Å². The Morgan fingerprint density at radius 1 is 1.12 bits per heavy atom. The van der Waals surface area contributed by atoms with Crippen LogP contribution in [0, 0.1) is 10.1 Å². The average molecular weight is 467 g/mol. The van der Waals surface area contributed by atoms with Gasteiger partial charge in [-0.05, 0) is 56.7 Å². The predicted molar refractivity (Wildman–Crippen MR) is 122 cm³/mol. The van der Waals surface area contributed by atoms with Crippen molar-refractivity contribution in [2.45, 2.75) is 52.1 Å². The van der Waals surface area contributed by atoms with E-state index in [9.17, 15) is 29.3 Å². The van der Waals surface area contributed by atoms with Gasteiger partial charge in [-0.15, -0.1) is 0 Å². The van der Waals surface area contributed by atoms with Crippen LogP contribution in [-0.2, 0) is 14.4 Å². The van der Waals surface area contributed by atoms with E-state index in [2.05, 4.69) is 0 Å². The summed E-state index contributed by atoms with van der Waals surface area (Å²) < 4.78 is 4.99. The Bertz CT molecular complexity index is 1140. The lowest BCUT2D eigenvalue weighted by Gasteiger charge is -2.41. The largest absolute Gasteiger partial charge is 0.427 e. The van der Waals surface area contributed by atoms with E-state index in [0.29, 0.717) is 12.1 Å². The molecular formula is C24H25N3O7. The molecular weight excluding hydrogens is 442 g/mol. The summed E-state index contributed by atoms with van der Waals surface area (Å²) in [4.78, 5) is 63.7. The Balaban J connectivity index is 1.94. The molecule has 0 spiro atoms. The number of benzene rings is 2. The average Bonchev–Trinajstić information content (AvgIpc) is 3.07. The monoisotopic (exact) mass is 467 g/mol. The summed E-state index contributed by atoms with van der Waals surface area (Å²) in [6.45, 7) is 6.72. The Labute approximate surface area is 196 Å². The standard InChI is InChI=1S/C24H25N3O7/c1-5-24(3,4)26(22(30)16-6-8-18(9-7-16)27(32)33)20-14-21(29)25(23(20)31)17-10-12-19(13-11-17)34-15(2)28/h6-13,20H,5,14H2,1-4H3. The van der Waals surface area contributed by atoms with Gasteiger partial charge in [-0.25, -0.2) is 4.90 Å². The zero-order valence-electron chi connectivity index (χ0n) is 19.3. The van der Waals surface area contributed by atoms with Crippen LogP contribution >= 0.6 is 0 Å². The van der Waals surface area contributed by atoms with Gasteiger partial charge in [-0.1, -0.05) is 6.92 Å². The van der Waals surface area contributed by atoms with Crippen molar-refractivity contribution in [3.8, 4) is 5.75 Å². The molecule has 34 heavy (non-hydrogen) atoms. The summed E-state index contributed by atoms with van der Waals surface area (Å²) in [5.41, 5.74) is -0.468. The number of hydrogen-bond acceptors (Lipinski definition) is 7. The molecule has 0 aromatic heterocycles. The molecule has 1 aliphatic heterocycles. The summed E-state index contributed by atoms with van der Waals surface area (Å²) in [5, 5.41) is 11.0. The van der Waals surface area contributed by atoms with E-state index in [0.717, 1.165) is 4.90 Å². The zero-order valence-corrected chi connectivity index (χ0v) is 19.3. The zero-order chi connectivity index (χ0) is 25.2. The quantitative estimate of drug-likeness (QED) is 0.200. The third-order valence-electron chi connectivity index (χ3n) is 5.85. The molecule has 0 saturated carbocycles. The first kappa shape index (κ1) is 24.6. The highest BCUT2D eigenvalue weighted by molar-refractivity contribution is 6.23. The minimum Gasteiger partial charge on any atom is -0.427 e. The number of anilines is 1. The van der Waals surface area contributed by atoms with E-state index >= 15 is 0 Å². The Kier molecular flexibility index (Phi) is 6.80. The summed E-state index contributed by atoms with van der Waals surface area (Å²) in [7, 11) is 0. The molecule has 3 rings (SSSR count). The molecule has 1 saturated heterocycles. The number of ether oxygens (including phenoxy) is 1. The molecule has 0 aliphatic carbocycles. The lowest BCUT2D eigenvalue weighted by atomic mass is 9.94. The molecule has 10 nitrogen and oxygen atoms in total. The first-order chi connectivity index (χ1) is 16.0. The number of rotatable bonds is 7. The lowest BCUT2D eigenvalue weighted by molar-refractivity contribution is -0.384. The van der Waals surface area contributed by atoms with Crippen molar-refractivity contribution in [3.63, 3.8) is 0 Å². The van der Waals surface area contributed by atoms with Crippen molar-refractivity contribution in [2.75, 3.05) is 4.90 Å². The summed E-state index contributed by atoms with van der Waals surface area (Å²) in [6, 6.07) is 10.0. The molecule has 1 heterocycles. The highest BCUT2D eigenvalue weighted by atomic mass is 16.6. The van der Waals surface area contributed by atoms with Crippen LogP contribution in [0.5, 0.6) is 5.75 Å². The molecule has 0 N–H and O–H groups in total. The SMILES string of the molecule is CCC(C)(C)N(C(=O)c1ccc([N+](=O)[O-])cc1)C1CC(=O)N(c2ccc(OC(C)=O)cc2)C1=O. The van der Waals surface area contributed by atoms with Gasteiger partial charge in [-0.3, -0.25) is 29.3 Å². The number of carbonyl (C=O) groups is 4. The molecule has 0 bridgehead atoms. The second kappa shape index (κ2) is 9.42. The van der Waals surface area contributed by atoms with Crippen molar-refractivity contribution in [3.05, 3.63) is 64.2 Å². The van der Waals surface area contributed by atoms with Gasteiger partial charge in [0.25, 0.3) is 17.5 Å². The predicted octanol–water partition coefficient (Wildman–Crippen LogP) is 3.48. The maximum atomic E-state index is 13.5. The van der Waals surface area contributed by atoms with Crippen molar-refractivity contribution < 1.29 is 28.8 Å². The Hall–Kier alpha value is -4.08. The van der Waals surface area contributed by atoms with Gasteiger partial charge < -0.3 is 9.64 Å². The molecule has 1 atom stereocenters. The first-order valence-corrected chi connectivity index (χ1v) is 10.7. The summed E-state index contributed by atoms with van der Waals surface area (Å²) in [6.07, 6.45) is 0.299. The third kappa shape index (κ3) is 4.80. The third-order valence-corrected chi connectivity index (χ3v) is 5.85. The van der Waals surface area contributed by atoms with Gasteiger partial charge in [-0.2, -0.15) is 0 Å². The summed E-state index contributed by atoms with van der Waals surface area (Å²) in [5.74, 6) is -1.75. The number of hydrogen-bond donors (Lipinski definition) is 0. The Morgan fingerprint density at radius 2 is 1.71 bits per heavy atom. The number of nitrogens with zero attached hydrogens (tertiary/aromatic N) is 3. The lowest BCUT2D eigenvalue weighted by Crippen LogP contribution is -2.55. The van der Waals surface area contributed by atoms with Crippen LogP contribution < -0.4 is 9.64 Å². The Morgan fingerprint density at radius 3 is 2.21 bits per heavy atom. The molecule has 3 amide bonds. The maximum Gasteiger partial charge on any atom is 0.308 e. The van der Waals surface area contributed by atoms with Crippen LogP contribution in [-0.4, -0.2) is 45.1 Å². The van der Waals surface area contributed by atoms with E-state index < -0.39 is 40.2 Å². The number of amides is 3. The van der Waals surface area contributed by atoms with E-state index in [1.54, 1.807) is 13.8 Å². The fraction of sp³-hybridized carbons (Fsp3) is 0.333. The van der Waals surface area contributed by atoms with Crippen LogP contribution in [0.3, 0.4) is 0 Å². The fourth-order valence-corrected chi connectivity index (χ4v) is 3.79. The van der Waals surface area contributed by atoms with Crippen LogP contribution in [0.2, 0.25) is 0 Å². The molecule has 0 radical (unpaired) electrons. The molecule has 1 unspecified atom stereocenters. The number of imide groups is 1. The molecule has 1 fully saturated rings. The van der Waals surface area contributed by atoms with Crippen LogP contribution in [0.4, 0.5) is 11.4 Å². The minimum atomic E-state index is -1.04. The van der Waals surface area contributed by atoms with Crippen molar-refractivity contribution in [1.29, 1.82) is 0 Å². The van der Waals surface area contributed by atoms with Gasteiger partial charge >= 0.3 is 5.97 Å². The first-order valence-electron chi connectivity index (χ1n) is 10.7. The second-order valence-electron chi connectivity index (χ2n) is 8.52. The second-order valence-corrected chi connectivity index (χ2v) is 8.52. The normalized spacial score (nSPS) is 15.9. The number of esters is 1. The number of nitro groups is 1. The topological polar surface area (TPSA) is 127 Å². The number of nitro benzene ring substituents is 1. The molecule has 1 aliphatic rings. The molecule has 178 valence electrons. The van der Waals surface area contributed by atoms with Crippen molar-refractivity contribution in [2.24, 2.45) is 0 Å². The van der Waals surface area contributed by atoms with E-state index in [1.165, 1.54) is 60.4 Å². The van der Waals surface area contributed by atoms with Gasteiger partial charge in [0.05, 0.1) is 17.0 Å². The van der Waals surface area contributed by atoms with E-state index in [1.807, 2.05) is 6.92 Å². The van der Waals surface area contributed by atoms with Gasteiger partial charge in [0.15, 0.2) is 0 Å². The molecule has 2 aromatic carbocycles. The minimum absolute atomic E-state index is 0.159. The molecule has 2 aromatic rings. The van der Waals surface area contributed by atoms with Crippen LogP contribution in [0.15, 0.2) is 48.5 Å². The number of carbonyl (C=O) groups excluding carboxylic acids is 4. The maximum absolute atomic E-state index is 13.5. The highest BCUT2D eigenvalue weighted by Gasteiger charge is 2.48. The fourth-order valence-electron chi connectivity index (χ4n) is 3.79. The smallest absolute Gasteiger partial charge is 0.308 e. The molecule has 10 heteroatoms. The van der Waals surface area contributed by atoms with Gasteiger partial charge in [0.2, 0.25) is 5.91 Å². The number of non-ortho nitro benzene ring substituents is 1. The van der Waals surface area contributed by atoms with Crippen molar-refractivity contribution in [1.82, 2.24) is 4.90 Å². The van der Waals surface area contributed by atoms with Crippen LogP contribution in [0.25, 0.3) is 0 Å². The van der Waals surface area contributed by atoms with Gasteiger partial charge in [0.1, 0.15) is 11.8 Å². The van der Waals surface area contributed by atoms with Crippen molar-refractivity contribution >= 4 is 35.1 Å².